The highest BCUT2D eigenvalue weighted by Crippen LogP contribution is 2.21. The molecule has 0 unspecified atom stereocenters. The van der Waals surface area contributed by atoms with Crippen LogP contribution in [0.25, 0.3) is 5.69 Å². The van der Waals surface area contributed by atoms with Gasteiger partial charge in [-0.1, -0.05) is 29.3 Å². The van der Waals surface area contributed by atoms with Crippen LogP contribution in [-0.2, 0) is 10.0 Å². The Morgan fingerprint density at radius 1 is 0.933 bits per heavy atom. The topological polar surface area (TPSA) is 75.5 Å². The Bertz CT molecular complexity index is 1170. The summed E-state index contributed by atoms with van der Waals surface area (Å²) in [5.74, 6) is -0.185. The van der Waals surface area contributed by atoms with E-state index >= 15 is 0 Å². The fraction of sp³-hybridized carbons (Fsp3) is 0.200. The first kappa shape index (κ1) is 20.9. The van der Waals surface area contributed by atoms with Crippen molar-refractivity contribution in [2.45, 2.75) is 4.90 Å². The summed E-state index contributed by atoms with van der Waals surface area (Å²) in [7, 11) is -3.65. The molecule has 2 heterocycles. The van der Waals surface area contributed by atoms with Gasteiger partial charge in [0.05, 0.1) is 22.3 Å². The van der Waals surface area contributed by atoms with Crippen molar-refractivity contribution >= 4 is 39.1 Å². The monoisotopic (exact) mass is 464 g/mol. The van der Waals surface area contributed by atoms with Crippen molar-refractivity contribution in [1.82, 2.24) is 19.0 Å². The number of hydrogen-bond donors (Lipinski definition) is 0. The molecule has 4 rings (SSSR count). The molecule has 0 atom stereocenters. The zero-order valence-corrected chi connectivity index (χ0v) is 18.1. The summed E-state index contributed by atoms with van der Waals surface area (Å²) >= 11 is 11.8. The Hall–Kier alpha value is -2.39. The van der Waals surface area contributed by atoms with Gasteiger partial charge in [0.25, 0.3) is 5.91 Å². The first-order chi connectivity index (χ1) is 14.3. The number of halogens is 2. The lowest BCUT2D eigenvalue weighted by Crippen LogP contribution is -2.50. The molecule has 1 aliphatic heterocycles. The molecule has 1 amide bonds. The van der Waals surface area contributed by atoms with E-state index in [1.54, 1.807) is 40.0 Å². The normalized spacial score (nSPS) is 15.3. The number of hydrogen-bond acceptors (Lipinski definition) is 4. The second-order valence-corrected chi connectivity index (χ2v) is 9.61. The number of aromatic nitrogens is 2. The van der Waals surface area contributed by atoms with Gasteiger partial charge in [-0.05, 0) is 42.5 Å². The zero-order valence-electron chi connectivity index (χ0n) is 15.8. The van der Waals surface area contributed by atoms with E-state index in [-0.39, 0.29) is 23.9 Å². The highest BCUT2D eigenvalue weighted by atomic mass is 35.5. The molecule has 1 aromatic heterocycles. The Balaban J connectivity index is 1.43. The van der Waals surface area contributed by atoms with Crippen LogP contribution in [0, 0.1) is 0 Å². The minimum atomic E-state index is -3.65. The number of amides is 1. The fourth-order valence-electron chi connectivity index (χ4n) is 3.26. The Kier molecular flexibility index (Phi) is 5.84. The Labute approximate surface area is 184 Å². The largest absolute Gasteiger partial charge is 0.336 e. The molecule has 2 aromatic carbocycles. The molecule has 1 saturated heterocycles. The summed E-state index contributed by atoms with van der Waals surface area (Å²) in [4.78, 5) is 14.6. The van der Waals surface area contributed by atoms with Crippen LogP contribution < -0.4 is 0 Å². The van der Waals surface area contributed by atoms with Gasteiger partial charge in [0.1, 0.15) is 0 Å². The molecule has 30 heavy (non-hydrogen) atoms. The number of carbonyl (C=O) groups is 1. The number of rotatable bonds is 4. The third kappa shape index (κ3) is 4.22. The van der Waals surface area contributed by atoms with Crippen LogP contribution in [0.5, 0.6) is 0 Å². The predicted molar refractivity (Wildman–Crippen MR) is 115 cm³/mol. The smallest absolute Gasteiger partial charge is 0.257 e. The maximum absolute atomic E-state index is 12.8. The zero-order chi connectivity index (χ0) is 21.3. The minimum Gasteiger partial charge on any atom is -0.336 e. The number of carbonyl (C=O) groups excluding carboxylic acids is 1. The van der Waals surface area contributed by atoms with E-state index in [2.05, 4.69) is 5.10 Å². The first-order valence-corrected chi connectivity index (χ1v) is 11.4. The maximum atomic E-state index is 12.8. The Morgan fingerprint density at radius 3 is 2.30 bits per heavy atom. The molecular formula is C20H18Cl2N4O3S. The van der Waals surface area contributed by atoms with E-state index in [1.165, 1.54) is 22.6 Å². The highest BCUT2D eigenvalue weighted by molar-refractivity contribution is 7.89. The average Bonchev–Trinajstić information content (AvgIpc) is 3.24. The van der Waals surface area contributed by atoms with Crippen LogP contribution in [0.15, 0.2) is 65.8 Å². The number of benzene rings is 2. The van der Waals surface area contributed by atoms with Crippen LogP contribution in [0.2, 0.25) is 10.0 Å². The van der Waals surface area contributed by atoms with Gasteiger partial charge < -0.3 is 4.90 Å². The number of sulfonamides is 1. The van der Waals surface area contributed by atoms with Gasteiger partial charge in [-0.25, -0.2) is 13.1 Å². The van der Waals surface area contributed by atoms with E-state index in [0.29, 0.717) is 28.7 Å². The van der Waals surface area contributed by atoms with Crippen LogP contribution in [0.3, 0.4) is 0 Å². The molecule has 0 spiro atoms. The summed E-state index contributed by atoms with van der Waals surface area (Å²) in [6.07, 6.45) is 3.16. The average molecular weight is 465 g/mol. The SMILES string of the molecule is O=C(c1cnn(-c2ccc(Cl)cc2)c1)N1CCN(S(=O)(=O)c2cccc(Cl)c2)CC1. The van der Waals surface area contributed by atoms with Crippen molar-refractivity contribution in [3.8, 4) is 5.69 Å². The van der Waals surface area contributed by atoms with Gasteiger partial charge in [-0.15, -0.1) is 0 Å². The van der Waals surface area contributed by atoms with E-state index in [9.17, 15) is 13.2 Å². The van der Waals surface area contributed by atoms with Crippen molar-refractivity contribution in [3.63, 3.8) is 0 Å². The molecule has 0 radical (unpaired) electrons. The number of nitrogens with zero attached hydrogens (tertiary/aromatic N) is 4. The second-order valence-electron chi connectivity index (χ2n) is 6.80. The van der Waals surface area contributed by atoms with Crippen molar-refractivity contribution < 1.29 is 13.2 Å². The van der Waals surface area contributed by atoms with Crippen LogP contribution >= 0.6 is 23.2 Å². The lowest BCUT2D eigenvalue weighted by molar-refractivity contribution is 0.0698. The summed E-state index contributed by atoms with van der Waals surface area (Å²) in [6.45, 7) is 1.02. The summed E-state index contributed by atoms with van der Waals surface area (Å²) in [5, 5.41) is 5.22. The molecule has 0 aliphatic carbocycles. The van der Waals surface area contributed by atoms with Crippen LogP contribution in [0.4, 0.5) is 0 Å². The first-order valence-electron chi connectivity index (χ1n) is 9.20. The predicted octanol–water partition coefficient (Wildman–Crippen LogP) is 3.33. The fourth-order valence-corrected chi connectivity index (χ4v) is 5.11. The van der Waals surface area contributed by atoms with Crippen molar-refractivity contribution in [3.05, 3.63) is 76.5 Å². The summed E-state index contributed by atoms with van der Waals surface area (Å²) in [6, 6.07) is 13.3. The third-order valence-corrected chi connectivity index (χ3v) is 7.26. The number of piperazine rings is 1. The lowest BCUT2D eigenvalue weighted by Gasteiger charge is -2.33. The molecule has 156 valence electrons. The van der Waals surface area contributed by atoms with Crippen LogP contribution in [-0.4, -0.2) is 59.5 Å². The maximum Gasteiger partial charge on any atom is 0.257 e. The molecule has 0 N–H and O–H groups in total. The molecule has 0 bridgehead atoms. The van der Waals surface area contributed by atoms with E-state index in [4.69, 9.17) is 23.2 Å². The van der Waals surface area contributed by atoms with Gasteiger partial charge in [0, 0.05) is 42.4 Å². The molecule has 7 nitrogen and oxygen atoms in total. The summed E-state index contributed by atoms with van der Waals surface area (Å²) in [5.41, 5.74) is 1.23. The van der Waals surface area contributed by atoms with E-state index in [0.717, 1.165) is 5.69 Å². The van der Waals surface area contributed by atoms with Gasteiger partial charge in [0.2, 0.25) is 10.0 Å². The molecule has 0 saturated carbocycles. The minimum absolute atomic E-state index is 0.152. The van der Waals surface area contributed by atoms with Crippen molar-refractivity contribution in [2.75, 3.05) is 26.2 Å². The molecule has 1 aliphatic rings. The van der Waals surface area contributed by atoms with Crippen LogP contribution in [0.1, 0.15) is 10.4 Å². The standard InChI is InChI=1S/C20H18Cl2N4O3S/c21-16-4-6-18(7-5-16)26-14-15(13-23-26)20(27)24-8-10-25(11-9-24)30(28,29)19-3-1-2-17(22)12-19/h1-7,12-14H,8-11H2. The van der Waals surface area contributed by atoms with Gasteiger partial charge in [0.15, 0.2) is 0 Å². The van der Waals surface area contributed by atoms with Gasteiger partial charge >= 0.3 is 0 Å². The van der Waals surface area contributed by atoms with E-state index in [1.807, 2.05) is 12.1 Å². The molecule has 1 fully saturated rings. The third-order valence-electron chi connectivity index (χ3n) is 4.88. The molecule has 3 aromatic rings. The quantitative estimate of drug-likeness (QED) is 0.593. The summed E-state index contributed by atoms with van der Waals surface area (Å²) < 4.78 is 28.6. The van der Waals surface area contributed by atoms with E-state index < -0.39 is 10.0 Å². The lowest BCUT2D eigenvalue weighted by atomic mass is 10.2. The molecule has 10 heteroatoms. The second kappa shape index (κ2) is 8.39. The van der Waals surface area contributed by atoms with Crippen molar-refractivity contribution in [2.24, 2.45) is 0 Å². The highest BCUT2D eigenvalue weighted by Gasteiger charge is 2.30. The Morgan fingerprint density at radius 2 is 1.63 bits per heavy atom. The van der Waals surface area contributed by atoms with Gasteiger partial charge in [-0.2, -0.15) is 9.40 Å². The van der Waals surface area contributed by atoms with Gasteiger partial charge in [-0.3, -0.25) is 4.79 Å². The molecular weight excluding hydrogens is 447 g/mol. The van der Waals surface area contributed by atoms with Crippen molar-refractivity contribution in [1.29, 1.82) is 0 Å².